The molecule has 1 aromatic heterocycles. The maximum atomic E-state index is 11.9. The standard InChI is InChI=1S/C9H14N4O2/c1-6-10-8(12-11-6)9(15)13-4-2-3-7(13)5-14/h7,14H,2-5H2,1H3,(H,10,11,12)/t7-/m0/s1. The molecule has 0 spiro atoms. The molecule has 1 aliphatic rings. The summed E-state index contributed by atoms with van der Waals surface area (Å²) < 4.78 is 0. The highest BCUT2D eigenvalue weighted by molar-refractivity contribution is 5.90. The van der Waals surface area contributed by atoms with Crippen LogP contribution in [0.3, 0.4) is 0 Å². The number of aliphatic hydroxyl groups is 1. The minimum atomic E-state index is -0.198. The first-order valence-corrected chi connectivity index (χ1v) is 5.03. The number of hydrogen-bond donors (Lipinski definition) is 2. The summed E-state index contributed by atoms with van der Waals surface area (Å²) in [5, 5.41) is 15.5. The zero-order chi connectivity index (χ0) is 10.8. The molecule has 1 aromatic rings. The second-order valence-electron chi connectivity index (χ2n) is 3.72. The normalized spacial score (nSPS) is 20.9. The van der Waals surface area contributed by atoms with Gasteiger partial charge in [-0.1, -0.05) is 0 Å². The molecule has 6 nitrogen and oxygen atoms in total. The van der Waals surface area contributed by atoms with Crippen LogP contribution < -0.4 is 0 Å². The SMILES string of the molecule is Cc1nc(C(=O)N2CCC[C@H]2CO)n[nH]1. The van der Waals surface area contributed by atoms with E-state index in [9.17, 15) is 4.79 Å². The maximum absolute atomic E-state index is 11.9. The van der Waals surface area contributed by atoms with Crippen molar-refractivity contribution < 1.29 is 9.90 Å². The van der Waals surface area contributed by atoms with E-state index >= 15 is 0 Å². The number of amides is 1. The third-order valence-electron chi connectivity index (χ3n) is 2.64. The number of H-pyrrole nitrogens is 1. The van der Waals surface area contributed by atoms with E-state index in [4.69, 9.17) is 5.11 Å². The molecule has 82 valence electrons. The quantitative estimate of drug-likeness (QED) is 0.702. The number of likely N-dealkylation sites (tertiary alicyclic amines) is 1. The number of aliphatic hydroxyl groups excluding tert-OH is 1. The molecule has 15 heavy (non-hydrogen) atoms. The van der Waals surface area contributed by atoms with Gasteiger partial charge in [0.2, 0.25) is 5.82 Å². The average molecular weight is 210 g/mol. The van der Waals surface area contributed by atoms with E-state index in [1.807, 2.05) is 0 Å². The predicted molar refractivity (Wildman–Crippen MR) is 52.3 cm³/mol. The molecule has 1 amide bonds. The van der Waals surface area contributed by atoms with E-state index in [0.29, 0.717) is 12.4 Å². The van der Waals surface area contributed by atoms with Gasteiger partial charge in [0.25, 0.3) is 5.91 Å². The lowest BCUT2D eigenvalue weighted by Gasteiger charge is -2.21. The molecule has 1 aliphatic heterocycles. The molecule has 2 rings (SSSR count). The fraction of sp³-hybridized carbons (Fsp3) is 0.667. The van der Waals surface area contributed by atoms with Crippen molar-refractivity contribution in [2.24, 2.45) is 0 Å². The minimum Gasteiger partial charge on any atom is -0.394 e. The molecule has 0 saturated carbocycles. The molecule has 1 fully saturated rings. The first-order valence-electron chi connectivity index (χ1n) is 5.03. The zero-order valence-corrected chi connectivity index (χ0v) is 8.60. The van der Waals surface area contributed by atoms with Crippen LogP contribution in [0.25, 0.3) is 0 Å². The summed E-state index contributed by atoms with van der Waals surface area (Å²) in [7, 11) is 0. The molecule has 1 saturated heterocycles. The molecule has 6 heteroatoms. The number of nitrogens with zero attached hydrogens (tertiary/aromatic N) is 3. The minimum absolute atomic E-state index is 0.00907. The van der Waals surface area contributed by atoms with E-state index in [1.165, 1.54) is 0 Å². The van der Waals surface area contributed by atoms with Crippen molar-refractivity contribution in [3.8, 4) is 0 Å². The number of nitrogens with one attached hydrogen (secondary N) is 1. The first-order chi connectivity index (χ1) is 7.22. The van der Waals surface area contributed by atoms with Crippen LogP contribution in [0.5, 0.6) is 0 Å². The molecule has 0 bridgehead atoms. The van der Waals surface area contributed by atoms with Gasteiger partial charge in [-0.25, -0.2) is 4.98 Å². The van der Waals surface area contributed by atoms with Gasteiger partial charge in [-0.15, -0.1) is 5.10 Å². The van der Waals surface area contributed by atoms with Gasteiger partial charge in [0.05, 0.1) is 12.6 Å². The summed E-state index contributed by atoms with van der Waals surface area (Å²) in [6.07, 6.45) is 1.78. The van der Waals surface area contributed by atoms with E-state index in [1.54, 1.807) is 11.8 Å². The molecule has 2 heterocycles. The third kappa shape index (κ3) is 1.85. The van der Waals surface area contributed by atoms with Crippen molar-refractivity contribution in [3.05, 3.63) is 11.6 Å². The summed E-state index contributed by atoms with van der Waals surface area (Å²) in [4.78, 5) is 17.5. The lowest BCUT2D eigenvalue weighted by molar-refractivity contribution is 0.0666. The fourth-order valence-electron chi connectivity index (χ4n) is 1.86. The Morgan fingerprint density at radius 3 is 3.13 bits per heavy atom. The smallest absolute Gasteiger partial charge is 0.293 e. The highest BCUT2D eigenvalue weighted by Crippen LogP contribution is 2.18. The van der Waals surface area contributed by atoms with Gasteiger partial charge in [0, 0.05) is 6.54 Å². The number of aromatic amines is 1. The number of aromatic nitrogens is 3. The maximum Gasteiger partial charge on any atom is 0.293 e. The Morgan fingerprint density at radius 1 is 1.73 bits per heavy atom. The van der Waals surface area contributed by atoms with Gasteiger partial charge in [0.15, 0.2) is 0 Å². The summed E-state index contributed by atoms with van der Waals surface area (Å²) >= 11 is 0. The van der Waals surface area contributed by atoms with E-state index < -0.39 is 0 Å². The van der Waals surface area contributed by atoms with Gasteiger partial charge in [-0.2, -0.15) is 0 Å². The van der Waals surface area contributed by atoms with Gasteiger partial charge in [0.1, 0.15) is 5.82 Å². The fourth-order valence-corrected chi connectivity index (χ4v) is 1.86. The molecule has 0 aliphatic carbocycles. The van der Waals surface area contributed by atoms with Gasteiger partial charge in [-0.05, 0) is 19.8 Å². The topological polar surface area (TPSA) is 82.1 Å². The number of hydrogen-bond acceptors (Lipinski definition) is 4. The lowest BCUT2D eigenvalue weighted by atomic mass is 10.2. The average Bonchev–Trinajstić information content (AvgIpc) is 2.84. The van der Waals surface area contributed by atoms with Crippen molar-refractivity contribution in [2.45, 2.75) is 25.8 Å². The van der Waals surface area contributed by atoms with Gasteiger partial charge < -0.3 is 10.0 Å². The monoisotopic (exact) mass is 210 g/mol. The second-order valence-corrected chi connectivity index (χ2v) is 3.72. The van der Waals surface area contributed by atoms with E-state index in [2.05, 4.69) is 15.2 Å². The summed E-state index contributed by atoms with van der Waals surface area (Å²) in [6, 6.07) is -0.0729. The lowest BCUT2D eigenvalue weighted by Crippen LogP contribution is -2.38. The van der Waals surface area contributed by atoms with Gasteiger partial charge in [-0.3, -0.25) is 9.89 Å². The van der Waals surface area contributed by atoms with Crippen LogP contribution in [0, 0.1) is 6.92 Å². The van der Waals surface area contributed by atoms with E-state index in [-0.39, 0.29) is 24.4 Å². The summed E-state index contributed by atoms with van der Waals surface area (Å²) in [6.45, 7) is 2.43. The molecule has 1 atom stereocenters. The van der Waals surface area contributed by atoms with Crippen LogP contribution in [0.15, 0.2) is 0 Å². The van der Waals surface area contributed by atoms with Crippen LogP contribution in [-0.2, 0) is 0 Å². The van der Waals surface area contributed by atoms with Crippen molar-refractivity contribution >= 4 is 5.91 Å². The van der Waals surface area contributed by atoms with Crippen molar-refractivity contribution in [1.29, 1.82) is 0 Å². The highest BCUT2D eigenvalue weighted by Gasteiger charge is 2.30. The van der Waals surface area contributed by atoms with Crippen molar-refractivity contribution in [1.82, 2.24) is 20.1 Å². The van der Waals surface area contributed by atoms with Crippen molar-refractivity contribution in [3.63, 3.8) is 0 Å². The molecular formula is C9H14N4O2. The Balaban J connectivity index is 2.13. The number of carbonyl (C=O) groups is 1. The van der Waals surface area contributed by atoms with Crippen molar-refractivity contribution in [2.75, 3.05) is 13.2 Å². The Kier molecular flexibility index (Phi) is 2.68. The van der Waals surface area contributed by atoms with Crippen LogP contribution in [0.4, 0.5) is 0 Å². The Bertz CT molecular complexity index is 363. The summed E-state index contributed by atoms with van der Waals surface area (Å²) in [5.74, 6) is 0.613. The van der Waals surface area contributed by atoms with Crippen LogP contribution >= 0.6 is 0 Å². The Labute approximate surface area is 87.3 Å². The third-order valence-corrected chi connectivity index (χ3v) is 2.64. The molecule has 0 radical (unpaired) electrons. The molecule has 2 N–H and O–H groups in total. The Morgan fingerprint density at radius 2 is 2.53 bits per heavy atom. The molecule has 0 unspecified atom stereocenters. The van der Waals surface area contributed by atoms with Crippen LogP contribution in [0.1, 0.15) is 29.3 Å². The van der Waals surface area contributed by atoms with Crippen LogP contribution in [0.2, 0.25) is 0 Å². The Hall–Kier alpha value is -1.43. The largest absolute Gasteiger partial charge is 0.394 e. The predicted octanol–water partition coefficient (Wildman–Crippen LogP) is -0.290. The van der Waals surface area contributed by atoms with E-state index in [0.717, 1.165) is 12.8 Å². The second kappa shape index (κ2) is 3.98. The highest BCUT2D eigenvalue weighted by atomic mass is 16.3. The molecular weight excluding hydrogens is 196 g/mol. The molecule has 0 aromatic carbocycles. The first kappa shape index (κ1) is 10.1. The zero-order valence-electron chi connectivity index (χ0n) is 8.60. The number of aryl methyl sites for hydroxylation is 1. The van der Waals surface area contributed by atoms with Crippen LogP contribution in [-0.4, -0.2) is 50.3 Å². The van der Waals surface area contributed by atoms with Gasteiger partial charge >= 0.3 is 0 Å². The number of carbonyl (C=O) groups excluding carboxylic acids is 1. The number of rotatable bonds is 2. The summed E-state index contributed by atoms with van der Waals surface area (Å²) in [5.41, 5.74) is 0.